The van der Waals surface area contributed by atoms with Crippen molar-refractivity contribution in [2.75, 3.05) is 26.2 Å². The molecule has 0 amide bonds. The van der Waals surface area contributed by atoms with E-state index in [2.05, 4.69) is 13.8 Å². The molecule has 0 saturated carbocycles. The molecule has 0 bridgehead atoms. The maximum absolute atomic E-state index is 2.32. The summed E-state index contributed by atoms with van der Waals surface area (Å²) in [6.07, 6.45) is 38.4. The third-order valence-corrected chi connectivity index (χ3v) is 8.49. The number of unbranched alkanes of at least 4 members (excludes halogenated alkanes) is 22. The molecule has 1 aliphatic rings. The van der Waals surface area contributed by atoms with Crippen LogP contribution in [0.15, 0.2) is 0 Å². The molecule has 0 atom stereocenters. The first-order valence-electron chi connectivity index (χ1n) is 16.2. The molecule has 0 spiro atoms. The quantitative estimate of drug-likeness (QED) is 0.0881. The molecule has 1 heterocycles. The lowest BCUT2D eigenvalue weighted by Gasteiger charge is -2.34. The normalized spacial score (nSPS) is 15.5. The van der Waals surface area contributed by atoms with Crippen LogP contribution in [0.25, 0.3) is 0 Å². The van der Waals surface area contributed by atoms with Crippen LogP contribution in [-0.4, -0.2) is 30.7 Å². The Balaban J connectivity index is 1.89. The number of hydrogen-bond donors (Lipinski definition) is 0. The SMILES string of the molecule is CCCCCCCCCCCCCCCCC[N+]1(CCCCCCCCCCC)CCCC1. The van der Waals surface area contributed by atoms with E-state index in [4.69, 9.17) is 0 Å². The Morgan fingerprint density at radius 1 is 0.333 bits per heavy atom. The van der Waals surface area contributed by atoms with E-state index in [0.717, 1.165) is 0 Å². The van der Waals surface area contributed by atoms with E-state index in [1.165, 1.54) is 198 Å². The lowest BCUT2D eigenvalue weighted by atomic mass is 10.0. The van der Waals surface area contributed by atoms with E-state index in [1.54, 1.807) is 0 Å². The predicted molar refractivity (Wildman–Crippen MR) is 151 cm³/mol. The van der Waals surface area contributed by atoms with Gasteiger partial charge in [0, 0.05) is 12.8 Å². The minimum absolute atomic E-state index is 1.37. The van der Waals surface area contributed by atoms with Gasteiger partial charge in [0.15, 0.2) is 0 Å². The molecule has 1 nitrogen and oxygen atoms in total. The molecule has 0 aromatic heterocycles. The molecule has 0 aliphatic carbocycles. The van der Waals surface area contributed by atoms with Crippen molar-refractivity contribution in [3.63, 3.8) is 0 Å². The maximum Gasteiger partial charge on any atom is 0.0788 e. The second-order valence-corrected chi connectivity index (χ2v) is 11.7. The average molecular weight is 465 g/mol. The van der Waals surface area contributed by atoms with E-state index in [1.807, 2.05) is 0 Å². The zero-order valence-electron chi connectivity index (χ0n) is 23.7. The number of quaternary nitrogens is 1. The van der Waals surface area contributed by atoms with Crippen molar-refractivity contribution in [1.29, 1.82) is 0 Å². The van der Waals surface area contributed by atoms with Gasteiger partial charge in [-0.25, -0.2) is 0 Å². The van der Waals surface area contributed by atoms with Crippen LogP contribution in [-0.2, 0) is 0 Å². The van der Waals surface area contributed by atoms with Crippen LogP contribution in [0.4, 0.5) is 0 Å². The highest BCUT2D eigenvalue weighted by Gasteiger charge is 2.30. The monoisotopic (exact) mass is 465 g/mol. The van der Waals surface area contributed by atoms with E-state index < -0.39 is 0 Å². The Morgan fingerprint density at radius 3 is 0.848 bits per heavy atom. The lowest BCUT2D eigenvalue weighted by molar-refractivity contribution is -0.917. The number of likely N-dealkylation sites (tertiary alicyclic amines) is 1. The lowest BCUT2D eigenvalue weighted by Crippen LogP contribution is -2.46. The maximum atomic E-state index is 2.32. The highest BCUT2D eigenvalue weighted by atomic mass is 15.4. The summed E-state index contributed by atoms with van der Waals surface area (Å²) in [5.41, 5.74) is 0. The molecular formula is C32H66N+. The third-order valence-electron chi connectivity index (χ3n) is 8.49. The predicted octanol–water partition coefficient (Wildman–Crippen LogP) is 11.0. The second-order valence-electron chi connectivity index (χ2n) is 11.7. The van der Waals surface area contributed by atoms with Gasteiger partial charge in [-0.15, -0.1) is 0 Å². The van der Waals surface area contributed by atoms with Crippen molar-refractivity contribution in [1.82, 2.24) is 0 Å². The van der Waals surface area contributed by atoms with Gasteiger partial charge in [0.2, 0.25) is 0 Å². The molecule has 0 unspecified atom stereocenters. The van der Waals surface area contributed by atoms with Crippen molar-refractivity contribution in [3.05, 3.63) is 0 Å². The summed E-state index contributed by atoms with van der Waals surface area (Å²) < 4.78 is 1.49. The van der Waals surface area contributed by atoms with Crippen molar-refractivity contribution in [2.24, 2.45) is 0 Å². The van der Waals surface area contributed by atoms with Gasteiger partial charge in [0.1, 0.15) is 0 Å². The summed E-state index contributed by atoms with van der Waals surface area (Å²) >= 11 is 0. The summed E-state index contributed by atoms with van der Waals surface area (Å²) in [5, 5.41) is 0. The van der Waals surface area contributed by atoms with E-state index in [0.29, 0.717) is 0 Å². The summed E-state index contributed by atoms with van der Waals surface area (Å²) in [7, 11) is 0. The minimum Gasteiger partial charge on any atom is -0.324 e. The van der Waals surface area contributed by atoms with Crippen molar-refractivity contribution >= 4 is 0 Å². The summed E-state index contributed by atoms with van der Waals surface area (Å²) in [5.74, 6) is 0. The van der Waals surface area contributed by atoms with Crippen LogP contribution in [0.2, 0.25) is 0 Å². The zero-order valence-corrected chi connectivity index (χ0v) is 23.7. The second kappa shape index (κ2) is 23.7. The standard InChI is InChI=1S/C32H66N/c1-3-5-7-9-11-13-14-15-16-17-18-20-22-24-26-30-33(31-27-28-32-33)29-25-23-21-19-12-10-8-6-4-2/h3-32H2,1-2H3/q+1. The third kappa shape index (κ3) is 18.9. The van der Waals surface area contributed by atoms with E-state index in [-0.39, 0.29) is 0 Å². The minimum atomic E-state index is 1.37. The molecule has 0 radical (unpaired) electrons. The van der Waals surface area contributed by atoms with Gasteiger partial charge in [0.25, 0.3) is 0 Å². The van der Waals surface area contributed by atoms with Gasteiger partial charge in [-0.05, 0) is 25.7 Å². The average Bonchev–Trinajstić information content (AvgIpc) is 3.29. The Bertz CT molecular complexity index is 371. The Morgan fingerprint density at radius 2 is 0.576 bits per heavy atom. The van der Waals surface area contributed by atoms with Gasteiger partial charge in [-0.3, -0.25) is 0 Å². The molecule has 1 heteroatoms. The van der Waals surface area contributed by atoms with Gasteiger partial charge < -0.3 is 4.48 Å². The molecule has 0 aromatic rings. The highest BCUT2D eigenvalue weighted by Crippen LogP contribution is 2.23. The molecule has 198 valence electrons. The molecule has 1 saturated heterocycles. The van der Waals surface area contributed by atoms with Crippen LogP contribution in [0, 0.1) is 0 Å². The van der Waals surface area contributed by atoms with Crippen LogP contribution < -0.4 is 0 Å². The fourth-order valence-corrected chi connectivity index (χ4v) is 6.14. The van der Waals surface area contributed by atoms with Gasteiger partial charge >= 0.3 is 0 Å². The Hall–Kier alpha value is -0.0400. The molecule has 1 rings (SSSR count). The smallest absolute Gasteiger partial charge is 0.0788 e. The summed E-state index contributed by atoms with van der Waals surface area (Å²) in [6.45, 7) is 10.6. The van der Waals surface area contributed by atoms with E-state index in [9.17, 15) is 0 Å². The van der Waals surface area contributed by atoms with Crippen LogP contribution in [0.3, 0.4) is 0 Å². The zero-order chi connectivity index (χ0) is 23.7. The first kappa shape index (κ1) is 31.0. The van der Waals surface area contributed by atoms with Crippen molar-refractivity contribution in [3.8, 4) is 0 Å². The first-order valence-corrected chi connectivity index (χ1v) is 16.2. The first-order chi connectivity index (χ1) is 16.3. The van der Waals surface area contributed by atoms with Gasteiger partial charge in [0.05, 0.1) is 26.2 Å². The van der Waals surface area contributed by atoms with Crippen molar-refractivity contribution < 1.29 is 4.48 Å². The van der Waals surface area contributed by atoms with Crippen LogP contribution >= 0.6 is 0 Å². The van der Waals surface area contributed by atoms with Gasteiger partial charge in [-0.1, -0.05) is 142 Å². The summed E-state index contributed by atoms with van der Waals surface area (Å²) in [6, 6.07) is 0. The molecular weight excluding hydrogens is 398 g/mol. The van der Waals surface area contributed by atoms with Crippen LogP contribution in [0.5, 0.6) is 0 Å². The summed E-state index contributed by atoms with van der Waals surface area (Å²) in [4.78, 5) is 0. The van der Waals surface area contributed by atoms with Crippen molar-refractivity contribution in [2.45, 2.75) is 181 Å². The van der Waals surface area contributed by atoms with Gasteiger partial charge in [-0.2, -0.15) is 0 Å². The largest absolute Gasteiger partial charge is 0.324 e. The molecule has 0 N–H and O–H groups in total. The molecule has 33 heavy (non-hydrogen) atoms. The fraction of sp³-hybridized carbons (Fsp3) is 1.00. The van der Waals surface area contributed by atoms with E-state index >= 15 is 0 Å². The highest BCUT2D eigenvalue weighted by molar-refractivity contribution is 4.58. The Labute approximate surface area is 211 Å². The molecule has 1 fully saturated rings. The Kier molecular flexibility index (Phi) is 22.2. The molecule has 0 aromatic carbocycles. The molecule has 1 aliphatic heterocycles. The topological polar surface area (TPSA) is 0 Å². The number of nitrogens with zero attached hydrogens (tertiary/aromatic N) is 1. The number of rotatable bonds is 26. The van der Waals surface area contributed by atoms with Crippen LogP contribution in [0.1, 0.15) is 181 Å². The number of hydrogen-bond acceptors (Lipinski definition) is 0. The fourth-order valence-electron chi connectivity index (χ4n) is 6.14.